The quantitative estimate of drug-likeness (QED) is 0.601. The minimum absolute atomic E-state index is 0.0664. The van der Waals surface area contributed by atoms with Crippen molar-refractivity contribution in [3.05, 3.63) is 40.9 Å². The number of benzene rings is 1. The Morgan fingerprint density at radius 2 is 2.19 bits per heavy atom. The van der Waals surface area contributed by atoms with E-state index in [1.54, 1.807) is 6.08 Å². The molecule has 134 valence electrons. The van der Waals surface area contributed by atoms with E-state index in [1.807, 2.05) is 37.3 Å². The predicted molar refractivity (Wildman–Crippen MR) is 105 cm³/mol. The number of amides is 1. The molecule has 26 heavy (non-hydrogen) atoms. The number of fused-ring (bicyclic) bond motifs is 1. The number of rotatable bonds is 6. The number of thioether (sulfide) groups is 1. The fraction of sp³-hybridized carbons (Fsp3) is 0.222. The molecule has 0 saturated carbocycles. The molecular weight excluding hydrogens is 372 g/mol. The average Bonchev–Trinajstić information content (AvgIpc) is 2.87. The highest BCUT2D eigenvalue weighted by Crippen LogP contribution is 2.33. The SMILES string of the molecule is CCOc1cccc2ccc(C=C3SC(=S)N(CCC(=O)O)C3=O)nc12. The summed E-state index contributed by atoms with van der Waals surface area (Å²) in [6, 6.07) is 9.44. The van der Waals surface area contributed by atoms with Gasteiger partial charge in [0.25, 0.3) is 5.91 Å². The summed E-state index contributed by atoms with van der Waals surface area (Å²) in [6.07, 6.45) is 1.52. The number of aliphatic carboxylic acids is 1. The summed E-state index contributed by atoms with van der Waals surface area (Å²) in [7, 11) is 0. The Kier molecular flexibility index (Phi) is 5.53. The van der Waals surface area contributed by atoms with Gasteiger partial charge in [-0.3, -0.25) is 14.5 Å². The minimum Gasteiger partial charge on any atom is -0.492 e. The molecule has 1 amide bonds. The minimum atomic E-state index is -0.970. The normalized spacial score (nSPS) is 15.9. The van der Waals surface area contributed by atoms with Crippen molar-refractivity contribution < 1.29 is 19.4 Å². The van der Waals surface area contributed by atoms with Crippen molar-refractivity contribution in [3.63, 3.8) is 0 Å². The van der Waals surface area contributed by atoms with Crippen molar-refractivity contribution in [3.8, 4) is 5.75 Å². The Bertz CT molecular complexity index is 927. The first-order chi connectivity index (χ1) is 12.5. The number of ether oxygens (including phenoxy) is 1. The third-order valence-corrected chi connectivity index (χ3v) is 5.08. The largest absolute Gasteiger partial charge is 0.492 e. The fourth-order valence-corrected chi connectivity index (χ4v) is 3.82. The second-order valence-electron chi connectivity index (χ2n) is 5.47. The van der Waals surface area contributed by atoms with Gasteiger partial charge < -0.3 is 9.84 Å². The number of carbonyl (C=O) groups excluding carboxylic acids is 1. The molecule has 0 bridgehead atoms. The number of thiocarbonyl (C=S) groups is 1. The lowest BCUT2D eigenvalue weighted by Crippen LogP contribution is -2.30. The summed E-state index contributed by atoms with van der Waals surface area (Å²) in [6.45, 7) is 2.51. The number of carboxylic acids is 1. The van der Waals surface area contributed by atoms with Crippen LogP contribution < -0.4 is 4.74 Å². The van der Waals surface area contributed by atoms with Crippen molar-refractivity contribution in [2.75, 3.05) is 13.2 Å². The molecule has 1 fully saturated rings. The maximum atomic E-state index is 12.5. The molecule has 6 nitrogen and oxygen atoms in total. The molecule has 1 aromatic carbocycles. The molecule has 2 heterocycles. The van der Waals surface area contributed by atoms with Crippen LogP contribution in [0.4, 0.5) is 0 Å². The number of aromatic nitrogens is 1. The van der Waals surface area contributed by atoms with E-state index < -0.39 is 5.97 Å². The van der Waals surface area contributed by atoms with Gasteiger partial charge >= 0.3 is 5.97 Å². The number of carbonyl (C=O) groups is 2. The fourth-order valence-electron chi connectivity index (χ4n) is 2.52. The van der Waals surface area contributed by atoms with Crippen LogP contribution in [-0.4, -0.2) is 44.3 Å². The molecule has 1 N–H and O–H groups in total. The first-order valence-corrected chi connectivity index (χ1v) is 9.22. The Morgan fingerprint density at radius 3 is 2.92 bits per heavy atom. The van der Waals surface area contributed by atoms with E-state index in [4.69, 9.17) is 22.1 Å². The van der Waals surface area contributed by atoms with Gasteiger partial charge in [0.15, 0.2) is 0 Å². The number of nitrogens with zero attached hydrogens (tertiary/aromatic N) is 2. The third kappa shape index (κ3) is 3.86. The number of hydrogen-bond donors (Lipinski definition) is 1. The van der Waals surface area contributed by atoms with Gasteiger partial charge in [0.2, 0.25) is 0 Å². The van der Waals surface area contributed by atoms with Crippen LogP contribution in [0.2, 0.25) is 0 Å². The van der Waals surface area contributed by atoms with E-state index >= 15 is 0 Å². The summed E-state index contributed by atoms with van der Waals surface area (Å²) in [5.41, 5.74) is 1.34. The zero-order chi connectivity index (χ0) is 18.7. The lowest BCUT2D eigenvalue weighted by Gasteiger charge is -2.12. The van der Waals surface area contributed by atoms with E-state index in [9.17, 15) is 9.59 Å². The van der Waals surface area contributed by atoms with Gasteiger partial charge in [-0.1, -0.05) is 42.2 Å². The molecule has 2 aromatic rings. The highest BCUT2D eigenvalue weighted by Gasteiger charge is 2.32. The Labute approximate surface area is 159 Å². The molecule has 1 aliphatic heterocycles. The summed E-state index contributed by atoms with van der Waals surface area (Å²) in [5, 5.41) is 9.74. The number of para-hydroxylation sites is 1. The van der Waals surface area contributed by atoms with Gasteiger partial charge in [-0.05, 0) is 25.1 Å². The highest BCUT2D eigenvalue weighted by atomic mass is 32.2. The first kappa shape index (κ1) is 18.3. The number of carboxylic acid groups (broad SMARTS) is 1. The van der Waals surface area contributed by atoms with E-state index in [-0.39, 0.29) is 18.9 Å². The average molecular weight is 388 g/mol. The second kappa shape index (κ2) is 7.84. The van der Waals surface area contributed by atoms with Crippen molar-refractivity contribution in [1.82, 2.24) is 9.88 Å². The maximum absolute atomic E-state index is 12.5. The molecule has 1 aliphatic rings. The first-order valence-electron chi connectivity index (χ1n) is 7.99. The molecule has 0 aliphatic carbocycles. The van der Waals surface area contributed by atoms with Gasteiger partial charge in [-0.25, -0.2) is 4.98 Å². The van der Waals surface area contributed by atoms with E-state index in [2.05, 4.69) is 4.98 Å². The van der Waals surface area contributed by atoms with Gasteiger partial charge in [-0.2, -0.15) is 0 Å². The molecule has 0 atom stereocenters. The maximum Gasteiger partial charge on any atom is 0.305 e. The van der Waals surface area contributed by atoms with E-state index in [0.717, 1.165) is 22.7 Å². The third-order valence-electron chi connectivity index (χ3n) is 3.71. The van der Waals surface area contributed by atoms with Crippen LogP contribution in [-0.2, 0) is 9.59 Å². The molecule has 0 spiro atoms. The molecule has 1 saturated heterocycles. The van der Waals surface area contributed by atoms with Crippen LogP contribution >= 0.6 is 24.0 Å². The number of hydrogen-bond acceptors (Lipinski definition) is 6. The van der Waals surface area contributed by atoms with Gasteiger partial charge in [0, 0.05) is 11.9 Å². The summed E-state index contributed by atoms with van der Waals surface area (Å²) in [4.78, 5) is 29.5. The monoisotopic (exact) mass is 388 g/mol. The van der Waals surface area contributed by atoms with Crippen molar-refractivity contribution >= 4 is 57.2 Å². The molecule has 3 rings (SSSR count). The van der Waals surface area contributed by atoms with Gasteiger partial charge in [0.1, 0.15) is 15.6 Å². The van der Waals surface area contributed by atoms with Crippen molar-refractivity contribution in [2.45, 2.75) is 13.3 Å². The molecule has 0 unspecified atom stereocenters. The van der Waals surface area contributed by atoms with Gasteiger partial charge in [0.05, 0.1) is 23.6 Å². The van der Waals surface area contributed by atoms with Crippen LogP contribution in [0.15, 0.2) is 35.2 Å². The zero-order valence-corrected chi connectivity index (χ0v) is 15.6. The molecule has 8 heteroatoms. The Balaban J connectivity index is 1.90. The van der Waals surface area contributed by atoms with Crippen LogP contribution in [0.3, 0.4) is 0 Å². The highest BCUT2D eigenvalue weighted by molar-refractivity contribution is 8.26. The lowest BCUT2D eigenvalue weighted by atomic mass is 10.2. The number of pyridine rings is 1. The smallest absolute Gasteiger partial charge is 0.305 e. The Hall–Kier alpha value is -2.45. The van der Waals surface area contributed by atoms with Crippen LogP contribution in [0.25, 0.3) is 17.0 Å². The van der Waals surface area contributed by atoms with Crippen LogP contribution in [0.1, 0.15) is 19.0 Å². The predicted octanol–water partition coefficient (Wildman–Crippen LogP) is 3.31. The van der Waals surface area contributed by atoms with E-state index in [1.165, 1.54) is 4.90 Å². The summed E-state index contributed by atoms with van der Waals surface area (Å²) >= 11 is 6.34. The van der Waals surface area contributed by atoms with Gasteiger partial charge in [-0.15, -0.1) is 0 Å². The standard InChI is InChI=1S/C18H16N2O4S2/c1-2-24-13-5-3-4-11-6-7-12(19-16(11)13)10-14-17(23)20(18(25)26-14)9-8-15(21)22/h3-7,10H,2,8-9H2,1H3,(H,21,22). The Morgan fingerprint density at radius 1 is 1.38 bits per heavy atom. The molecule has 1 aromatic heterocycles. The molecule has 0 radical (unpaired) electrons. The van der Waals surface area contributed by atoms with Crippen LogP contribution in [0.5, 0.6) is 5.75 Å². The zero-order valence-electron chi connectivity index (χ0n) is 14.0. The van der Waals surface area contributed by atoms with Crippen molar-refractivity contribution in [2.24, 2.45) is 0 Å². The summed E-state index contributed by atoms with van der Waals surface area (Å²) < 4.78 is 5.97. The second-order valence-corrected chi connectivity index (χ2v) is 7.15. The van der Waals surface area contributed by atoms with E-state index in [0.29, 0.717) is 27.3 Å². The van der Waals surface area contributed by atoms with Crippen LogP contribution in [0, 0.1) is 0 Å². The van der Waals surface area contributed by atoms with Crippen molar-refractivity contribution in [1.29, 1.82) is 0 Å². The molecular formula is C18H16N2O4S2. The summed E-state index contributed by atoms with van der Waals surface area (Å²) in [5.74, 6) is -0.571. The lowest BCUT2D eigenvalue weighted by molar-refractivity contribution is -0.137. The topological polar surface area (TPSA) is 79.7 Å².